The molecule has 136 valence electrons. The van der Waals surface area contributed by atoms with Crippen molar-refractivity contribution < 1.29 is 27.9 Å². The van der Waals surface area contributed by atoms with Crippen molar-refractivity contribution in [3.8, 4) is 11.5 Å². The van der Waals surface area contributed by atoms with Gasteiger partial charge in [0.2, 0.25) is 0 Å². The van der Waals surface area contributed by atoms with E-state index < -0.39 is 22.6 Å². The fourth-order valence-electron chi connectivity index (χ4n) is 1.71. The third-order valence-electron chi connectivity index (χ3n) is 2.98. The van der Waals surface area contributed by atoms with E-state index in [0.717, 1.165) is 0 Å². The first kappa shape index (κ1) is 20.1. The molecule has 0 amide bonds. The van der Waals surface area contributed by atoms with Crippen LogP contribution in [0.1, 0.15) is 13.8 Å². The summed E-state index contributed by atoms with van der Waals surface area (Å²) in [6.07, 6.45) is 0. The summed E-state index contributed by atoms with van der Waals surface area (Å²) in [4.78, 5) is 17.8. The van der Waals surface area contributed by atoms with Gasteiger partial charge in [-0.2, -0.15) is 0 Å². The first-order valence-electron chi connectivity index (χ1n) is 7.64. The molecule has 0 radical (unpaired) electrons. The fraction of sp³-hybridized carbons (Fsp3) is 0.294. The van der Waals surface area contributed by atoms with Crippen LogP contribution in [0, 0.1) is 5.41 Å². The number of para-hydroxylation sites is 2. The maximum atomic E-state index is 8.89. The topological polar surface area (TPSA) is 77.4 Å². The SMILES string of the molecule is CC(C)(COP(O)O)COP(Oc1ccccc1)Oc1ccccc1. The molecule has 0 atom stereocenters. The molecule has 0 aliphatic rings. The van der Waals surface area contributed by atoms with Crippen LogP contribution in [-0.4, -0.2) is 23.0 Å². The van der Waals surface area contributed by atoms with Gasteiger partial charge in [0.1, 0.15) is 11.5 Å². The van der Waals surface area contributed by atoms with Gasteiger partial charge in [0.05, 0.1) is 13.2 Å². The molecular formula is C17H22O6P2. The Balaban J connectivity index is 1.98. The molecule has 0 bridgehead atoms. The minimum absolute atomic E-state index is 0.144. The Labute approximate surface area is 150 Å². The molecule has 0 saturated heterocycles. The van der Waals surface area contributed by atoms with Gasteiger partial charge in [-0.15, -0.1) is 0 Å². The second-order valence-corrected chi connectivity index (χ2v) is 7.83. The van der Waals surface area contributed by atoms with Gasteiger partial charge in [0.25, 0.3) is 0 Å². The molecule has 0 unspecified atom stereocenters. The standard InChI is InChI=1S/C17H22O6P2/c1-17(2,13-20-24(18)19)14-21-25(22-15-9-5-3-6-10-15)23-16-11-7-4-8-12-16/h3-12,18-19H,13-14H2,1-2H3. The van der Waals surface area contributed by atoms with E-state index in [4.69, 9.17) is 27.9 Å². The molecule has 8 heteroatoms. The van der Waals surface area contributed by atoms with Crippen molar-refractivity contribution in [1.29, 1.82) is 0 Å². The molecule has 0 aliphatic heterocycles. The molecule has 25 heavy (non-hydrogen) atoms. The zero-order valence-electron chi connectivity index (χ0n) is 14.1. The summed E-state index contributed by atoms with van der Waals surface area (Å²) in [5.74, 6) is 1.29. The Kier molecular flexibility index (Phi) is 8.04. The highest BCUT2D eigenvalue weighted by Gasteiger charge is 2.26. The molecule has 6 nitrogen and oxygen atoms in total. The van der Waals surface area contributed by atoms with E-state index in [-0.39, 0.29) is 13.2 Å². The minimum atomic E-state index is -2.38. The quantitative estimate of drug-likeness (QED) is 0.581. The Bertz CT molecular complexity index is 568. The average Bonchev–Trinajstić information content (AvgIpc) is 2.60. The van der Waals surface area contributed by atoms with Crippen LogP contribution >= 0.6 is 17.2 Å². The molecule has 0 aromatic heterocycles. The van der Waals surface area contributed by atoms with Crippen molar-refractivity contribution in [2.75, 3.05) is 13.2 Å². The predicted octanol–water partition coefficient (Wildman–Crippen LogP) is 4.64. The fourth-order valence-corrected chi connectivity index (χ4v) is 3.36. The summed E-state index contributed by atoms with van der Waals surface area (Å²) in [5, 5.41) is 0. The van der Waals surface area contributed by atoms with Gasteiger partial charge in [-0.05, 0) is 24.3 Å². The lowest BCUT2D eigenvalue weighted by Gasteiger charge is -2.26. The molecule has 0 spiro atoms. The Hall–Kier alpha value is -1.26. The summed E-state index contributed by atoms with van der Waals surface area (Å²) in [7, 11) is -4.06. The van der Waals surface area contributed by atoms with E-state index in [2.05, 4.69) is 0 Å². The van der Waals surface area contributed by atoms with Gasteiger partial charge in [0, 0.05) is 5.41 Å². The number of rotatable bonds is 10. The zero-order chi connectivity index (χ0) is 18.1. The molecule has 0 saturated carbocycles. The normalized spacial score (nSPS) is 11.8. The van der Waals surface area contributed by atoms with Gasteiger partial charge >= 0.3 is 17.2 Å². The van der Waals surface area contributed by atoms with Crippen molar-refractivity contribution in [3.05, 3.63) is 60.7 Å². The van der Waals surface area contributed by atoms with E-state index in [1.54, 1.807) is 0 Å². The van der Waals surface area contributed by atoms with Crippen LogP contribution in [0.15, 0.2) is 60.7 Å². The van der Waals surface area contributed by atoms with Crippen LogP contribution in [0.5, 0.6) is 11.5 Å². The third kappa shape index (κ3) is 8.10. The van der Waals surface area contributed by atoms with E-state index in [1.807, 2.05) is 74.5 Å². The van der Waals surface area contributed by atoms with Crippen molar-refractivity contribution in [1.82, 2.24) is 0 Å². The Morgan fingerprint density at radius 2 is 1.20 bits per heavy atom. The summed E-state index contributed by atoms with van der Waals surface area (Å²) >= 11 is 0. The number of benzene rings is 2. The predicted molar refractivity (Wildman–Crippen MR) is 98.1 cm³/mol. The Morgan fingerprint density at radius 3 is 1.64 bits per heavy atom. The smallest absolute Gasteiger partial charge is 0.418 e. The van der Waals surface area contributed by atoms with Crippen molar-refractivity contribution in [3.63, 3.8) is 0 Å². The summed E-state index contributed by atoms with van der Waals surface area (Å²) in [6, 6.07) is 18.6. The minimum Gasteiger partial charge on any atom is -0.418 e. The van der Waals surface area contributed by atoms with Crippen LogP contribution in [0.25, 0.3) is 0 Å². The molecular weight excluding hydrogens is 362 g/mol. The molecule has 0 aliphatic carbocycles. The van der Waals surface area contributed by atoms with E-state index in [0.29, 0.717) is 11.5 Å². The third-order valence-corrected chi connectivity index (χ3v) is 4.40. The summed E-state index contributed by atoms with van der Waals surface area (Å²) in [5.41, 5.74) is -0.438. The monoisotopic (exact) mass is 384 g/mol. The zero-order valence-corrected chi connectivity index (χ0v) is 15.9. The summed E-state index contributed by atoms with van der Waals surface area (Å²) in [6.45, 7) is 4.20. The van der Waals surface area contributed by atoms with Crippen molar-refractivity contribution in [2.45, 2.75) is 13.8 Å². The highest BCUT2D eigenvalue weighted by molar-refractivity contribution is 7.42. The first-order valence-corrected chi connectivity index (χ1v) is 9.90. The van der Waals surface area contributed by atoms with Crippen LogP contribution in [0.4, 0.5) is 0 Å². The lowest BCUT2D eigenvalue weighted by atomic mass is 9.97. The molecule has 2 rings (SSSR count). The molecule has 2 aromatic rings. The van der Waals surface area contributed by atoms with Crippen molar-refractivity contribution >= 4 is 17.2 Å². The van der Waals surface area contributed by atoms with Gasteiger partial charge in [0.15, 0.2) is 0 Å². The summed E-state index contributed by atoms with van der Waals surface area (Å²) < 4.78 is 22.4. The van der Waals surface area contributed by atoms with Gasteiger partial charge < -0.3 is 23.4 Å². The number of hydrogen-bond acceptors (Lipinski definition) is 6. The molecule has 0 heterocycles. The van der Waals surface area contributed by atoms with Crippen LogP contribution < -0.4 is 9.05 Å². The maximum Gasteiger partial charge on any atom is 0.463 e. The lowest BCUT2D eigenvalue weighted by molar-refractivity contribution is 0.0960. The van der Waals surface area contributed by atoms with Gasteiger partial charge in [-0.1, -0.05) is 50.2 Å². The van der Waals surface area contributed by atoms with E-state index in [9.17, 15) is 0 Å². The second kappa shape index (κ2) is 10.0. The maximum absolute atomic E-state index is 8.89. The number of hydrogen-bond donors (Lipinski definition) is 2. The van der Waals surface area contributed by atoms with Crippen LogP contribution in [-0.2, 0) is 9.05 Å². The Morgan fingerprint density at radius 1 is 0.760 bits per heavy atom. The largest absolute Gasteiger partial charge is 0.463 e. The van der Waals surface area contributed by atoms with E-state index >= 15 is 0 Å². The highest BCUT2D eigenvalue weighted by atomic mass is 31.2. The molecule has 2 N–H and O–H groups in total. The molecule has 2 aromatic carbocycles. The van der Waals surface area contributed by atoms with Crippen molar-refractivity contribution in [2.24, 2.45) is 5.41 Å². The second-order valence-electron chi connectivity index (χ2n) is 6.00. The van der Waals surface area contributed by atoms with Crippen LogP contribution in [0.3, 0.4) is 0 Å². The van der Waals surface area contributed by atoms with E-state index in [1.165, 1.54) is 0 Å². The van der Waals surface area contributed by atoms with Gasteiger partial charge in [-0.3, -0.25) is 4.52 Å². The highest BCUT2D eigenvalue weighted by Crippen LogP contribution is 2.43. The van der Waals surface area contributed by atoms with Gasteiger partial charge in [-0.25, -0.2) is 0 Å². The first-order chi connectivity index (χ1) is 11.9. The average molecular weight is 384 g/mol. The molecule has 0 fully saturated rings. The van der Waals surface area contributed by atoms with Crippen LogP contribution in [0.2, 0.25) is 0 Å². The lowest BCUT2D eigenvalue weighted by Crippen LogP contribution is -2.24.